The summed E-state index contributed by atoms with van der Waals surface area (Å²) < 4.78 is 13.3. The zero-order valence-corrected chi connectivity index (χ0v) is 72.0. The molecule has 0 aliphatic heterocycles. The summed E-state index contributed by atoms with van der Waals surface area (Å²) in [5, 5.41) is 0. The molecular weight excluding hydrogens is 2220 g/mol. The van der Waals surface area contributed by atoms with E-state index in [0.29, 0.717) is 5.69 Å². The molecule has 0 amide bonds. The fraction of sp³-hybridized carbons (Fsp3) is 0.105. The van der Waals surface area contributed by atoms with E-state index in [2.05, 4.69) is 190 Å². The Morgan fingerprint density at radius 3 is 1.06 bits per heavy atom. The number of benzene rings is 9. The van der Waals surface area contributed by atoms with Gasteiger partial charge in [-0.3, -0.25) is 4.98 Å². The van der Waals surface area contributed by atoms with Gasteiger partial charge in [-0.2, -0.15) is 0 Å². The van der Waals surface area contributed by atoms with Crippen molar-refractivity contribution in [1.82, 2.24) is 29.9 Å². The van der Waals surface area contributed by atoms with Crippen molar-refractivity contribution in [2.75, 3.05) is 0 Å². The molecule has 0 atom stereocenters. The number of hydrogen-bond donors (Lipinski definition) is 0. The minimum Gasteiger partial charge on any atom is -0.305 e. The molecule has 9 aromatic carbocycles. The summed E-state index contributed by atoms with van der Waals surface area (Å²) >= 11 is 0. The molecule has 0 aliphatic carbocycles. The number of pyridine rings is 6. The van der Waals surface area contributed by atoms with Crippen LogP contribution in [0, 0.1) is 56.6 Å². The van der Waals surface area contributed by atoms with Crippen LogP contribution in [0.25, 0.3) is 117 Å². The zero-order chi connectivity index (χ0) is 71.2. The van der Waals surface area contributed by atoms with Gasteiger partial charge in [0.1, 0.15) is 5.82 Å². The van der Waals surface area contributed by atoms with Crippen molar-refractivity contribution in [3.05, 3.63) is 392 Å². The standard InChI is InChI=1S/2C22H22N.C18H11N2.C17H11FN.C16H11N2.5Ir/c1-3-4-7-18-8-5-9-19(14-18)20-10-6-11-21(15-20)22-13-12-17(2)16-23-22;1-3-4-7-18-8-5-9-19(15-18)20-10-6-11-21(16-20)22-14-17(2)12-13-23-22;1-19-17-9-5-7-15(13-17)14-6-4-8-16(12-14)18-10-2-3-11-20-18;18-16-8-4-6-14(12-16)13-5-3-7-15(11-13)17-9-1-2-10-19-17;1-3-10-17-15(8-1)13-6-5-7-14(12-13)16-9-2-4-11-18-16;;;;;/h2*5-6,8-10,12-16H,3-4,7H2,1-2H3;2-7,9-13H;1-6,8-12H;1-6,8-12H;;;;;/q5*-1;;;;;. The second kappa shape index (κ2) is 46.7. The van der Waals surface area contributed by atoms with Crippen molar-refractivity contribution in [3.63, 3.8) is 0 Å². The predicted octanol–water partition coefficient (Wildman–Crippen LogP) is 24.5. The van der Waals surface area contributed by atoms with Crippen molar-refractivity contribution in [2.45, 2.75) is 66.2 Å². The average molecular weight is 2300 g/mol. The Labute approximate surface area is 704 Å². The summed E-state index contributed by atoms with van der Waals surface area (Å²) in [4.78, 5) is 29.8. The molecule has 15 rings (SSSR count). The second-order valence-electron chi connectivity index (χ2n) is 24.5. The van der Waals surface area contributed by atoms with E-state index in [1.165, 1.54) is 82.3 Å². The zero-order valence-electron chi connectivity index (χ0n) is 60.0. The van der Waals surface area contributed by atoms with E-state index in [9.17, 15) is 4.39 Å². The number of nitrogens with zero attached hydrogens (tertiary/aromatic N) is 7. The van der Waals surface area contributed by atoms with Gasteiger partial charge in [0.15, 0.2) is 5.69 Å². The first-order valence-corrected chi connectivity index (χ1v) is 34.7. The van der Waals surface area contributed by atoms with Crippen LogP contribution >= 0.6 is 0 Å². The molecule has 15 aromatic rings. The van der Waals surface area contributed by atoms with Gasteiger partial charge in [0.2, 0.25) is 0 Å². The number of halogens is 1. The number of aryl methyl sites for hydroxylation is 4. The summed E-state index contributed by atoms with van der Waals surface area (Å²) in [6, 6.07) is 110. The van der Waals surface area contributed by atoms with E-state index in [1.807, 2.05) is 182 Å². The molecule has 0 aliphatic rings. The molecule has 6 aromatic heterocycles. The largest absolute Gasteiger partial charge is 0.305 e. The molecule has 7 nitrogen and oxygen atoms in total. The van der Waals surface area contributed by atoms with Crippen LogP contribution in [0.15, 0.2) is 322 Å². The molecule has 0 N–H and O–H groups in total. The molecule has 0 fully saturated rings. The van der Waals surface area contributed by atoms with Gasteiger partial charge in [-0.05, 0) is 155 Å². The van der Waals surface area contributed by atoms with Gasteiger partial charge in [0.05, 0.1) is 12.3 Å². The third-order valence-electron chi connectivity index (χ3n) is 16.8. The van der Waals surface area contributed by atoms with Crippen LogP contribution in [0.4, 0.5) is 10.1 Å². The Morgan fingerprint density at radius 2 is 0.667 bits per heavy atom. The Morgan fingerprint density at radius 1 is 0.306 bits per heavy atom. The molecule has 549 valence electrons. The Balaban J connectivity index is 0.000000209. The van der Waals surface area contributed by atoms with Gasteiger partial charge in [0, 0.05) is 138 Å². The van der Waals surface area contributed by atoms with Crippen LogP contribution in [-0.4, -0.2) is 29.9 Å². The number of unbranched alkanes of at least 4 members (excludes halogenated alkanes) is 2. The maximum absolute atomic E-state index is 13.3. The summed E-state index contributed by atoms with van der Waals surface area (Å²) in [6.07, 6.45) is 18.1. The van der Waals surface area contributed by atoms with Gasteiger partial charge in [-0.1, -0.05) is 183 Å². The van der Waals surface area contributed by atoms with Gasteiger partial charge in [0.25, 0.3) is 0 Å². The van der Waals surface area contributed by atoms with Crippen LogP contribution in [0.5, 0.6) is 0 Å². The molecular formula is C95H77FIr5N7-5. The maximum Gasteiger partial charge on any atom is 0.187 e. The fourth-order valence-electron chi connectivity index (χ4n) is 11.4. The Hall–Kier alpha value is -9.45. The summed E-state index contributed by atoms with van der Waals surface area (Å²) in [5.74, 6) is -0.232. The number of hydrogen-bond acceptors (Lipinski definition) is 6. The predicted molar refractivity (Wildman–Crippen MR) is 420 cm³/mol. The van der Waals surface area contributed by atoms with Crippen molar-refractivity contribution in [2.24, 2.45) is 0 Å². The van der Waals surface area contributed by atoms with Gasteiger partial charge >= 0.3 is 0 Å². The van der Waals surface area contributed by atoms with Crippen molar-refractivity contribution in [3.8, 4) is 112 Å². The number of rotatable bonds is 16. The summed E-state index contributed by atoms with van der Waals surface area (Å²) in [6.45, 7) is 15.7. The topological polar surface area (TPSA) is 81.7 Å². The summed E-state index contributed by atoms with van der Waals surface area (Å²) in [5.41, 5.74) is 26.4. The molecule has 0 spiro atoms. The van der Waals surface area contributed by atoms with Gasteiger partial charge < -0.3 is 24.9 Å². The minimum absolute atomic E-state index is 0. The molecule has 13 heteroatoms. The summed E-state index contributed by atoms with van der Waals surface area (Å²) in [7, 11) is 0. The van der Waals surface area contributed by atoms with E-state index < -0.39 is 0 Å². The third kappa shape index (κ3) is 26.4. The monoisotopic (exact) mass is 2300 g/mol. The Kier molecular flexibility index (Phi) is 37.8. The van der Waals surface area contributed by atoms with Crippen LogP contribution in [0.2, 0.25) is 0 Å². The second-order valence-corrected chi connectivity index (χ2v) is 24.5. The number of aromatic nitrogens is 6. The fourth-order valence-corrected chi connectivity index (χ4v) is 11.4. The molecule has 6 heterocycles. The first kappa shape index (κ1) is 87.5. The Bertz CT molecular complexity index is 5150. The quantitative estimate of drug-likeness (QED) is 0.0897. The van der Waals surface area contributed by atoms with Crippen molar-refractivity contribution >= 4 is 5.69 Å². The SMILES string of the molecule is CCCCc1cccc(-c2cc[c-]c(-c3cc(C)ccn3)c2)c1.CCCCc1cccc(-c2cc[c-]c(-c3ccc(C)cn3)c2)c1.Fc1cccc(-c2cc[c-]c(-c3ccccn3)c2)c1.[C-]#[N+]c1cccc(-c2cc[c-]c(-c3ccccn3)c2)c1.[Ir].[Ir].[Ir].[Ir].[Ir].[c-]1ccc(-c2ccccn2)cc1-c1ccccn1. The van der Waals surface area contributed by atoms with E-state index in [0.717, 1.165) is 103 Å². The molecule has 0 saturated carbocycles. The van der Waals surface area contributed by atoms with Gasteiger partial charge in [-0.25, -0.2) is 9.24 Å². The van der Waals surface area contributed by atoms with Crippen LogP contribution in [-0.2, 0) is 113 Å². The molecule has 5 radical (unpaired) electrons. The maximum atomic E-state index is 13.3. The average Bonchev–Trinajstić information content (AvgIpc) is 0.859. The molecule has 0 saturated heterocycles. The molecule has 0 unspecified atom stereocenters. The van der Waals surface area contributed by atoms with E-state index >= 15 is 0 Å². The molecule has 108 heavy (non-hydrogen) atoms. The van der Waals surface area contributed by atoms with Crippen LogP contribution in [0.1, 0.15) is 61.8 Å². The molecule has 0 bridgehead atoms. The van der Waals surface area contributed by atoms with Crippen molar-refractivity contribution < 1.29 is 105 Å². The van der Waals surface area contributed by atoms with Crippen molar-refractivity contribution in [1.29, 1.82) is 0 Å². The van der Waals surface area contributed by atoms with Crippen LogP contribution < -0.4 is 0 Å². The van der Waals surface area contributed by atoms with E-state index in [1.54, 1.807) is 30.9 Å². The van der Waals surface area contributed by atoms with Gasteiger partial charge in [-0.15, -0.1) is 171 Å². The first-order chi connectivity index (χ1) is 50.6. The minimum atomic E-state index is -0.232. The normalized spacial score (nSPS) is 9.93. The van der Waals surface area contributed by atoms with E-state index in [4.69, 9.17) is 6.57 Å². The third-order valence-corrected chi connectivity index (χ3v) is 16.8. The smallest absolute Gasteiger partial charge is 0.187 e. The van der Waals surface area contributed by atoms with Crippen LogP contribution in [0.3, 0.4) is 0 Å². The van der Waals surface area contributed by atoms with E-state index in [-0.39, 0.29) is 106 Å². The first-order valence-electron chi connectivity index (χ1n) is 34.7.